The van der Waals surface area contributed by atoms with Gasteiger partial charge in [0.25, 0.3) is 0 Å². The molecule has 2 rings (SSSR count). The fourth-order valence-corrected chi connectivity index (χ4v) is 2.38. The van der Waals surface area contributed by atoms with Crippen LogP contribution in [0.15, 0.2) is 48.5 Å². The molecule has 0 bridgehead atoms. The molecule has 6 heteroatoms. The van der Waals surface area contributed by atoms with Gasteiger partial charge < -0.3 is 10.6 Å². The minimum Gasteiger partial charge on any atom is -0.331 e. The molecule has 0 fully saturated rings. The van der Waals surface area contributed by atoms with Crippen LogP contribution in [0.3, 0.4) is 0 Å². The molecule has 0 aliphatic heterocycles. The van der Waals surface area contributed by atoms with Crippen LogP contribution in [0, 0.1) is 0 Å². The van der Waals surface area contributed by atoms with Gasteiger partial charge in [-0.25, -0.2) is 0 Å². The highest BCUT2D eigenvalue weighted by atomic mass is 35.5. The Labute approximate surface area is 138 Å². The van der Waals surface area contributed by atoms with Crippen LogP contribution in [0.25, 0.3) is 0 Å². The predicted octanol–water partition coefficient (Wildman–Crippen LogP) is 4.05. The van der Waals surface area contributed by atoms with Gasteiger partial charge >= 0.3 is 0 Å². The summed E-state index contributed by atoms with van der Waals surface area (Å²) in [6, 6.07) is 14.4. The van der Waals surface area contributed by atoms with Gasteiger partial charge in [0.15, 0.2) is 5.11 Å². The topological polar surface area (TPSA) is 41.1 Å². The van der Waals surface area contributed by atoms with E-state index in [9.17, 15) is 4.79 Å². The summed E-state index contributed by atoms with van der Waals surface area (Å²) < 4.78 is 0. The van der Waals surface area contributed by atoms with E-state index >= 15 is 0 Å². The second kappa shape index (κ2) is 7.41. The van der Waals surface area contributed by atoms with E-state index in [0.29, 0.717) is 15.7 Å². The van der Waals surface area contributed by atoms with Crippen LogP contribution in [-0.4, -0.2) is 11.0 Å². The fourth-order valence-electron chi connectivity index (χ4n) is 1.70. The standard InChI is InChI=1S/C15H12Cl2N2OS/c16-11-6-7-13(12(17)9-11)18-15(21)19-14(20)8-10-4-2-1-3-5-10/h1-7,9H,8H2,(H2,18,19,20,21). The van der Waals surface area contributed by atoms with Crippen LogP contribution < -0.4 is 10.6 Å². The minimum atomic E-state index is -0.191. The normalized spacial score (nSPS) is 10.0. The van der Waals surface area contributed by atoms with Gasteiger partial charge in [0, 0.05) is 5.02 Å². The van der Waals surface area contributed by atoms with Crippen LogP contribution in [0.4, 0.5) is 5.69 Å². The van der Waals surface area contributed by atoms with Gasteiger partial charge in [0.1, 0.15) is 0 Å². The van der Waals surface area contributed by atoms with Crippen LogP contribution in [0.1, 0.15) is 5.56 Å². The monoisotopic (exact) mass is 338 g/mol. The zero-order chi connectivity index (χ0) is 15.2. The number of nitrogens with one attached hydrogen (secondary N) is 2. The van der Waals surface area contributed by atoms with E-state index in [4.69, 9.17) is 35.4 Å². The van der Waals surface area contributed by atoms with E-state index in [0.717, 1.165) is 5.56 Å². The fraction of sp³-hybridized carbons (Fsp3) is 0.0667. The first-order chi connectivity index (χ1) is 10.0. The summed E-state index contributed by atoms with van der Waals surface area (Å²) in [6.07, 6.45) is 0.261. The first-order valence-corrected chi connectivity index (χ1v) is 7.31. The maximum absolute atomic E-state index is 11.9. The molecule has 0 aliphatic carbocycles. The molecule has 0 heterocycles. The van der Waals surface area contributed by atoms with Crippen molar-refractivity contribution in [3.05, 3.63) is 64.1 Å². The van der Waals surface area contributed by atoms with Gasteiger partial charge in [-0.15, -0.1) is 0 Å². The third-order valence-corrected chi connectivity index (χ3v) is 3.39. The molecule has 2 N–H and O–H groups in total. The van der Waals surface area contributed by atoms with Crippen molar-refractivity contribution in [2.24, 2.45) is 0 Å². The lowest BCUT2D eigenvalue weighted by Gasteiger charge is -2.11. The Morgan fingerprint density at radius 1 is 1.10 bits per heavy atom. The lowest BCUT2D eigenvalue weighted by atomic mass is 10.1. The number of carbonyl (C=O) groups excluding carboxylic acids is 1. The molecule has 21 heavy (non-hydrogen) atoms. The molecule has 3 nitrogen and oxygen atoms in total. The predicted molar refractivity (Wildman–Crippen MR) is 91.0 cm³/mol. The van der Waals surface area contributed by atoms with Gasteiger partial charge in [-0.3, -0.25) is 4.79 Å². The number of anilines is 1. The molecule has 0 aromatic heterocycles. The Morgan fingerprint density at radius 3 is 2.48 bits per heavy atom. The number of thiocarbonyl (C=S) groups is 1. The van der Waals surface area contributed by atoms with E-state index < -0.39 is 0 Å². The van der Waals surface area contributed by atoms with E-state index in [1.54, 1.807) is 18.2 Å². The van der Waals surface area contributed by atoms with E-state index in [-0.39, 0.29) is 17.4 Å². The number of amides is 1. The summed E-state index contributed by atoms with van der Waals surface area (Å²) in [6.45, 7) is 0. The van der Waals surface area contributed by atoms with Crippen LogP contribution in [0.5, 0.6) is 0 Å². The lowest BCUT2D eigenvalue weighted by Crippen LogP contribution is -2.35. The van der Waals surface area contributed by atoms with Gasteiger partial charge in [-0.05, 0) is 36.0 Å². The van der Waals surface area contributed by atoms with Gasteiger partial charge in [0.2, 0.25) is 5.91 Å². The lowest BCUT2D eigenvalue weighted by molar-refractivity contribution is -0.119. The van der Waals surface area contributed by atoms with Gasteiger partial charge in [0.05, 0.1) is 17.1 Å². The zero-order valence-electron chi connectivity index (χ0n) is 10.9. The van der Waals surface area contributed by atoms with Crippen molar-refractivity contribution in [1.29, 1.82) is 0 Å². The molecule has 1 amide bonds. The van der Waals surface area contributed by atoms with Crippen LogP contribution in [0.2, 0.25) is 10.0 Å². The van der Waals surface area contributed by atoms with Crippen molar-refractivity contribution in [3.8, 4) is 0 Å². The van der Waals surface area contributed by atoms with E-state index in [1.807, 2.05) is 30.3 Å². The Morgan fingerprint density at radius 2 is 1.81 bits per heavy atom. The molecule has 108 valence electrons. The van der Waals surface area contributed by atoms with Crippen molar-refractivity contribution in [1.82, 2.24) is 5.32 Å². The molecule has 0 atom stereocenters. The van der Waals surface area contributed by atoms with Crippen molar-refractivity contribution < 1.29 is 4.79 Å². The van der Waals surface area contributed by atoms with Gasteiger partial charge in [-0.1, -0.05) is 53.5 Å². The van der Waals surface area contributed by atoms with Crippen molar-refractivity contribution in [2.45, 2.75) is 6.42 Å². The quantitative estimate of drug-likeness (QED) is 0.829. The number of benzene rings is 2. The van der Waals surface area contributed by atoms with E-state index in [2.05, 4.69) is 10.6 Å². The second-order valence-electron chi connectivity index (χ2n) is 4.29. The molecule has 0 saturated carbocycles. The first kappa shape index (κ1) is 15.8. The molecule has 0 unspecified atom stereocenters. The Balaban J connectivity index is 1.91. The van der Waals surface area contributed by atoms with Crippen molar-refractivity contribution >= 4 is 52.1 Å². The smallest absolute Gasteiger partial charge is 0.230 e. The molecule has 0 aliphatic rings. The average Bonchev–Trinajstić information content (AvgIpc) is 2.43. The number of hydrogen-bond donors (Lipinski definition) is 2. The second-order valence-corrected chi connectivity index (χ2v) is 5.54. The SMILES string of the molecule is O=C(Cc1ccccc1)NC(=S)Nc1ccc(Cl)cc1Cl. The maximum Gasteiger partial charge on any atom is 0.230 e. The highest BCUT2D eigenvalue weighted by Gasteiger charge is 2.08. The largest absolute Gasteiger partial charge is 0.331 e. The molecule has 0 radical (unpaired) electrons. The summed E-state index contributed by atoms with van der Waals surface area (Å²) in [7, 11) is 0. The molecule has 0 saturated heterocycles. The summed E-state index contributed by atoms with van der Waals surface area (Å²) in [5.74, 6) is -0.191. The number of halogens is 2. The third-order valence-electron chi connectivity index (χ3n) is 2.64. The van der Waals surface area contributed by atoms with Gasteiger partial charge in [-0.2, -0.15) is 0 Å². The number of hydrogen-bond acceptors (Lipinski definition) is 2. The summed E-state index contributed by atoms with van der Waals surface area (Å²) in [5, 5.41) is 6.63. The average molecular weight is 339 g/mol. The summed E-state index contributed by atoms with van der Waals surface area (Å²) in [4.78, 5) is 11.9. The highest BCUT2D eigenvalue weighted by molar-refractivity contribution is 7.80. The number of rotatable bonds is 3. The first-order valence-electron chi connectivity index (χ1n) is 6.14. The molecule has 2 aromatic carbocycles. The Hall–Kier alpha value is -1.62. The van der Waals surface area contributed by atoms with Crippen molar-refractivity contribution in [2.75, 3.05) is 5.32 Å². The number of carbonyl (C=O) groups is 1. The molecular weight excluding hydrogens is 327 g/mol. The third kappa shape index (κ3) is 5.01. The van der Waals surface area contributed by atoms with Crippen molar-refractivity contribution in [3.63, 3.8) is 0 Å². The Kier molecular flexibility index (Phi) is 5.56. The summed E-state index contributed by atoms with van der Waals surface area (Å²) in [5.41, 5.74) is 1.51. The maximum atomic E-state index is 11.9. The van der Waals surface area contributed by atoms with Crippen LogP contribution >= 0.6 is 35.4 Å². The zero-order valence-corrected chi connectivity index (χ0v) is 13.2. The molecule has 0 spiro atoms. The molecular formula is C15H12Cl2N2OS. The Bertz CT molecular complexity index is 662. The van der Waals surface area contributed by atoms with Crippen LogP contribution in [-0.2, 0) is 11.2 Å². The van der Waals surface area contributed by atoms with E-state index in [1.165, 1.54) is 0 Å². The summed E-state index contributed by atoms with van der Waals surface area (Å²) >= 11 is 16.9. The molecule has 2 aromatic rings. The minimum absolute atomic E-state index is 0.191. The highest BCUT2D eigenvalue weighted by Crippen LogP contribution is 2.25.